The molecule has 4 nitrogen and oxygen atoms in total. The van der Waals surface area contributed by atoms with Gasteiger partial charge in [0, 0.05) is 19.7 Å². The van der Waals surface area contributed by atoms with E-state index in [9.17, 15) is 4.79 Å². The molecule has 0 aliphatic rings. The first-order chi connectivity index (χ1) is 8.10. The van der Waals surface area contributed by atoms with Crippen molar-refractivity contribution in [2.75, 3.05) is 33.9 Å². The van der Waals surface area contributed by atoms with E-state index in [1.54, 1.807) is 0 Å². The number of carbonyl (C=O) groups excluding carboxylic acids is 1. The van der Waals surface area contributed by atoms with Crippen molar-refractivity contribution in [2.45, 2.75) is 45.3 Å². The van der Waals surface area contributed by atoms with Gasteiger partial charge in [0.2, 0.25) is 0 Å². The minimum absolute atomic E-state index is 0.160. The van der Waals surface area contributed by atoms with Gasteiger partial charge in [-0.3, -0.25) is 4.79 Å². The molecule has 0 saturated carbocycles. The molecular formula is C13H29NO3Si. The first-order valence-electron chi connectivity index (χ1n) is 6.49. The van der Waals surface area contributed by atoms with Crippen LogP contribution in [0.2, 0.25) is 18.1 Å². The maximum Gasteiger partial charge on any atom is 0.306 e. The van der Waals surface area contributed by atoms with Crippen LogP contribution in [0.3, 0.4) is 0 Å². The second kappa shape index (κ2) is 7.26. The van der Waals surface area contributed by atoms with Crippen LogP contribution in [0, 0.1) is 0 Å². The third kappa shape index (κ3) is 6.52. The Kier molecular flexibility index (Phi) is 7.10. The molecular weight excluding hydrogens is 246 g/mol. The van der Waals surface area contributed by atoms with Crippen LogP contribution in [0.15, 0.2) is 0 Å². The molecule has 5 heteroatoms. The quantitative estimate of drug-likeness (QED) is 0.528. The second-order valence-corrected chi connectivity index (χ2v) is 11.0. The molecule has 18 heavy (non-hydrogen) atoms. The van der Waals surface area contributed by atoms with Gasteiger partial charge in [0.05, 0.1) is 13.5 Å². The lowest BCUT2D eigenvalue weighted by Crippen LogP contribution is -2.42. The number of rotatable bonds is 7. The highest BCUT2D eigenvalue weighted by Crippen LogP contribution is 2.36. The number of hydrogen-bond donors (Lipinski definition) is 0. The van der Waals surface area contributed by atoms with Crippen LogP contribution in [-0.2, 0) is 14.0 Å². The number of ether oxygens (including phenoxy) is 1. The molecule has 108 valence electrons. The Labute approximate surface area is 113 Å². The van der Waals surface area contributed by atoms with Gasteiger partial charge in [-0.2, -0.15) is 0 Å². The summed E-state index contributed by atoms with van der Waals surface area (Å²) in [6, 6.07) is 0. The van der Waals surface area contributed by atoms with Crippen molar-refractivity contribution >= 4 is 14.3 Å². The van der Waals surface area contributed by atoms with Crippen LogP contribution in [0.1, 0.15) is 27.2 Å². The number of carbonyl (C=O) groups is 1. The van der Waals surface area contributed by atoms with Crippen molar-refractivity contribution in [3.63, 3.8) is 0 Å². The first kappa shape index (κ1) is 17.6. The van der Waals surface area contributed by atoms with Crippen molar-refractivity contribution in [3.8, 4) is 0 Å². The van der Waals surface area contributed by atoms with Crippen molar-refractivity contribution in [3.05, 3.63) is 0 Å². The van der Waals surface area contributed by atoms with E-state index in [1.807, 2.05) is 7.05 Å². The molecule has 0 spiro atoms. The fourth-order valence-electron chi connectivity index (χ4n) is 1.17. The number of esters is 1. The Bertz CT molecular complexity index is 261. The summed E-state index contributed by atoms with van der Waals surface area (Å²) in [6.45, 7) is 13.5. The molecule has 0 amide bonds. The van der Waals surface area contributed by atoms with Gasteiger partial charge in [-0.1, -0.05) is 20.8 Å². The Balaban J connectivity index is 3.88. The van der Waals surface area contributed by atoms with Gasteiger partial charge in [-0.25, -0.2) is 0 Å². The SMILES string of the molecule is COC(=O)CCN(C)CCO[Si](C)(C)C(C)(C)C. The topological polar surface area (TPSA) is 38.8 Å². The summed E-state index contributed by atoms with van der Waals surface area (Å²) < 4.78 is 10.7. The molecule has 0 saturated heterocycles. The van der Waals surface area contributed by atoms with E-state index in [0.29, 0.717) is 13.0 Å². The molecule has 0 rings (SSSR count). The molecule has 0 radical (unpaired) electrons. The van der Waals surface area contributed by atoms with E-state index in [0.717, 1.165) is 13.2 Å². The molecule has 0 aromatic heterocycles. The summed E-state index contributed by atoms with van der Waals surface area (Å²) >= 11 is 0. The highest BCUT2D eigenvalue weighted by molar-refractivity contribution is 6.74. The predicted octanol–water partition coefficient (Wildman–Crippen LogP) is 2.50. The highest BCUT2D eigenvalue weighted by atomic mass is 28.4. The third-order valence-corrected chi connectivity index (χ3v) is 8.21. The van der Waals surface area contributed by atoms with Gasteiger partial charge >= 0.3 is 5.97 Å². The number of hydrogen-bond acceptors (Lipinski definition) is 4. The maximum absolute atomic E-state index is 11.0. The molecule has 0 atom stereocenters. The molecule has 0 aliphatic heterocycles. The van der Waals surface area contributed by atoms with Crippen molar-refractivity contribution < 1.29 is 14.0 Å². The fourth-order valence-corrected chi connectivity index (χ4v) is 2.20. The lowest BCUT2D eigenvalue weighted by Gasteiger charge is -2.36. The van der Waals surface area contributed by atoms with Crippen LogP contribution in [0.25, 0.3) is 0 Å². The zero-order valence-electron chi connectivity index (χ0n) is 13.0. The number of likely N-dealkylation sites (N-methyl/N-ethyl adjacent to an activating group) is 1. The summed E-state index contributed by atoms with van der Waals surface area (Å²) in [7, 11) is 1.78. The summed E-state index contributed by atoms with van der Waals surface area (Å²) in [4.78, 5) is 13.1. The lowest BCUT2D eigenvalue weighted by atomic mass is 10.2. The van der Waals surface area contributed by atoms with E-state index in [4.69, 9.17) is 4.43 Å². The monoisotopic (exact) mass is 275 g/mol. The van der Waals surface area contributed by atoms with Gasteiger partial charge in [-0.15, -0.1) is 0 Å². The third-order valence-electron chi connectivity index (χ3n) is 3.67. The number of methoxy groups -OCH3 is 1. The lowest BCUT2D eigenvalue weighted by molar-refractivity contribution is -0.140. The largest absolute Gasteiger partial charge is 0.469 e. The summed E-state index contributed by atoms with van der Waals surface area (Å²) in [5.74, 6) is -0.160. The summed E-state index contributed by atoms with van der Waals surface area (Å²) in [5, 5.41) is 0.248. The Morgan fingerprint density at radius 1 is 1.22 bits per heavy atom. The molecule has 0 aromatic rings. The molecule has 0 bridgehead atoms. The van der Waals surface area contributed by atoms with E-state index in [2.05, 4.69) is 43.5 Å². The van der Waals surface area contributed by atoms with Gasteiger partial charge in [0.25, 0.3) is 0 Å². The minimum Gasteiger partial charge on any atom is -0.469 e. The predicted molar refractivity (Wildman–Crippen MR) is 77.3 cm³/mol. The second-order valence-electron chi connectivity index (χ2n) is 6.24. The van der Waals surface area contributed by atoms with E-state index >= 15 is 0 Å². The minimum atomic E-state index is -1.64. The molecule has 0 aliphatic carbocycles. The number of nitrogens with zero attached hydrogens (tertiary/aromatic N) is 1. The zero-order chi connectivity index (χ0) is 14.4. The van der Waals surface area contributed by atoms with Crippen LogP contribution >= 0.6 is 0 Å². The Morgan fingerprint density at radius 2 is 1.78 bits per heavy atom. The van der Waals surface area contributed by atoms with Gasteiger partial charge in [-0.05, 0) is 25.2 Å². The van der Waals surface area contributed by atoms with Crippen molar-refractivity contribution in [1.29, 1.82) is 0 Å². The molecule has 0 fully saturated rings. The fraction of sp³-hybridized carbons (Fsp3) is 0.923. The highest BCUT2D eigenvalue weighted by Gasteiger charge is 2.36. The van der Waals surface area contributed by atoms with Gasteiger partial charge in [0.15, 0.2) is 8.32 Å². The Morgan fingerprint density at radius 3 is 2.22 bits per heavy atom. The van der Waals surface area contributed by atoms with Crippen LogP contribution in [0.5, 0.6) is 0 Å². The van der Waals surface area contributed by atoms with Crippen molar-refractivity contribution in [2.24, 2.45) is 0 Å². The standard InChI is InChI=1S/C13H29NO3Si/c1-13(2,3)18(6,7)17-11-10-14(4)9-8-12(15)16-5/h8-11H2,1-7H3. The maximum atomic E-state index is 11.0. The van der Waals surface area contributed by atoms with E-state index in [1.165, 1.54) is 7.11 Å². The molecule has 0 N–H and O–H groups in total. The van der Waals surface area contributed by atoms with Crippen molar-refractivity contribution in [1.82, 2.24) is 4.90 Å². The van der Waals surface area contributed by atoms with Crippen LogP contribution < -0.4 is 0 Å². The average molecular weight is 275 g/mol. The summed E-state index contributed by atoms with van der Waals surface area (Å²) in [6.07, 6.45) is 0.438. The average Bonchev–Trinajstić information content (AvgIpc) is 2.24. The zero-order valence-corrected chi connectivity index (χ0v) is 14.0. The van der Waals surface area contributed by atoms with Gasteiger partial charge < -0.3 is 14.1 Å². The smallest absolute Gasteiger partial charge is 0.306 e. The van der Waals surface area contributed by atoms with Gasteiger partial charge in [0.1, 0.15) is 0 Å². The molecule has 0 heterocycles. The van der Waals surface area contributed by atoms with E-state index in [-0.39, 0.29) is 11.0 Å². The Hall–Kier alpha value is -0.393. The van der Waals surface area contributed by atoms with Crippen LogP contribution in [-0.4, -0.2) is 53.0 Å². The first-order valence-corrected chi connectivity index (χ1v) is 9.40. The van der Waals surface area contributed by atoms with Crippen LogP contribution in [0.4, 0.5) is 0 Å². The van der Waals surface area contributed by atoms with E-state index < -0.39 is 8.32 Å². The molecule has 0 unspecified atom stereocenters. The normalized spacial score (nSPS) is 12.9. The summed E-state index contributed by atoms with van der Waals surface area (Å²) in [5.41, 5.74) is 0. The molecule has 0 aromatic carbocycles.